The van der Waals surface area contributed by atoms with Crippen molar-refractivity contribution < 1.29 is 39.8 Å². The molecule has 1 rings (SSSR count). The first kappa shape index (κ1) is 79.4. The van der Waals surface area contributed by atoms with Crippen LogP contribution in [0.1, 0.15) is 328 Å². The Labute approximate surface area is 518 Å². The Kier molecular flexibility index (Phi) is 59.9. The maximum absolute atomic E-state index is 13.2. The predicted octanol–water partition coefficient (Wildman–Crippen LogP) is 19.7. The Bertz CT molecular complexity index is 1600. The molecule has 7 unspecified atom stereocenters. The minimum Gasteiger partial charge on any atom is -0.394 e. The van der Waals surface area contributed by atoms with Crippen molar-refractivity contribution in [2.24, 2.45) is 0 Å². The molecule has 1 saturated heterocycles. The molecule has 0 bridgehead atoms. The van der Waals surface area contributed by atoms with Crippen LogP contribution in [0.4, 0.5) is 0 Å². The molecule has 9 nitrogen and oxygen atoms in total. The Morgan fingerprint density at radius 2 is 0.738 bits per heavy atom. The Hall–Kier alpha value is -2.63. The van der Waals surface area contributed by atoms with Gasteiger partial charge < -0.3 is 40.3 Å². The third-order valence-electron chi connectivity index (χ3n) is 16.8. The highest BCUT2D eigenvalue weighted by Crippen LogP contribution is 2.24. The molecular weight excluding hydrogens is 1040 g/mol. The third-order valence-corrected chi connectivity index (χ3v) is 16.8. The third kappa shape index (κ3) is 51.4. The van der Waals surface area contributed by atoms with Crippen LogP contribution in [0.25, 0.3) is 0 Å². The molecule has 0 spiro atoms. The molecule has 0 aliphatic carbocycles. The first-order chi connectivity index (χ1) is 41.3. The lowest BCUT2D eigenvalue weighted by atomic mass is 9.99. The highest BCUT2D eigenvalue weighted by Gasteiger charge is 2.44. The van der Waals surface area contributed by atoms with E-state index in [0.29, 0.717) is 12.8 Å². The second-order valence-electron chi connectivity index (χ2n) is 24.7. The average Bonchev–Trinajstić information content (AvgIpc) is 3.70. The van der Waals surface area contributed by atoms with E-state index in [1.54, 1.807) is 0 Å². The van der Waals surface area contributed by atoms with Crippen molar-refractivity contribution in [3.8, 4) is 0 Å². The fourth-order valence-corrected chi connectivity index (χ4v) is 11.2. The van der Waals surface area contributed by atoms with Crippen LogP contribution in [0.2, 0.25) is 0 Å². The van der Waals surface area contributed by atoms with Gasteiger partial charge in [0.05, 0.1) is 25.4 Å². The van der Waals surface area contributed by atoms with Gasteiger partial charge in [0.25, 0.3) is 0 Å². The van der Waals surface area contributed by atoms with Gasteiger partial charge in [0, 0.05) is 6.42 Å². The molecule has 7 atom stereocenters. The summed E-state index contributed by atoms with van der Waals surface area (Å²) in [6, 6.07) is -0.728. The van der Waals surface area contributed by atoms with Crippen LogP contribution in [0.15, 0.2) is 85.1 Å². The number of allylic oxidation sites excluding steroid dienone is 14. The molecule has 0 saturated carbocycles. The summed E-state index contributed by atoms with van der Waals surface area (Å²) in [5.41, 5.74) is 0. The Morgan fingerprint density at radius 1 is 0.417 bits per heavy atom. The van der Waals surface area contributed by atoms with Gasteiger partial charge in [0.2, 0.25) is 5.91 Å². The van der Waals surface area contributed by atoms with Crippen LogP contribution in [0.3, 0.4) is 0 Å². The number of ether oxygens (including phenoxy) is 2. The van der Waals surface area contributed by atoms with Crippen LogP contribution < -0.4 is 5.32 Å². The van der Waals surface area contributed by atoms with Gasteiger partial charge in [-0.25, -0.2) is 0 Å². The lowest BCUT2D eigenvalue weighted by Crippen LogP contribution is -2.60. The zero-order valence-corrected chi connectivity index (χ0v) is 54.6. The van der Waals surface area contributed by atoms with E-state index in [4.69, 9.17) is 9.47 Å². The fraction of sp³-hybridized carbons (Fsp3) is 0.800. The lowest BCUT2D eigenvalue weighted by Gasteiger charge is -2.40. The summed E-state index contributed by atoms with van der Waals surface area (Å²) in [6.45, 7) is 3.76. The Balaban J connectivity index is 2.13. The van der Waals surface area contributed by atoms with Crippen LogP contribution in [0, 0.1) is 0 Å². The van der Waals surface area contributed by atoms with Crippen LogP contribution in [0.5, 0.6) is 0 Å². The number of aliphatic hydroxyl groups is 5. The predicted molar refractivity (Wildman–Crippen MR) is 359 cm³/mol. The molecule has 9 heteroatoms. The largest absolute Gasteiger partial charge is 0.394 e. The number of carbonyl (C=O) groups is 1. The van der Waals surface area contributed by atoms with Gasteiger partial charge in [0.15, 0.2) is 6.29 Å². The number of hydrogen-bond acceptors (Lipinski definition) is 8. The highest BCUT2D eigenvalue weighted by molar-refractivity contribution is 5.76. The number of nitrogens with one attached hydrogen (secondary N) is 1. The summed E-state index contributed by atoms with van der Waals surface area (Å²) in [7, 11) is 0. The van der Waals surface area contributed by atoms with Crippen LogP contribution >= 0.6 is 0 Å². The van der Waals surface area contributed by atoms with Crippen molar-refractivity contribution in [2.45, 2.75) is 371 Å². The zero-order chi connectivity index (χ0) is 60.7. The van der Waals surface area contributed by atoms with Crippen molar-refractivity contribution in [1.29, 1.82) is 0 Å². The van der Waals surface area contributed by atoms with E-state index < -0.39 is 49.5 Å². The molecule has 84 heavy (non-hydrogen) atoms. The molecule has 6 N–H and O–H groups in total. The monoisotopic (exact) mass is 1180 g/mol. The number of amides is 1. The topological polar surface area (TPSA) is 149 Å². The maximum atomic E-state index is 13.2. The Morgan fingerprint density at radius 3 is 1.10 bits per heavy atom. The molecule has 1 heterocycles. The van der Waals surface area contributed by atoms with Crippen molar-refractivity contribution in [1.82, 2.24) is 5.32 Å². The summed E-state index contributed by atoms with van der Waals surface area (Å²) in [5.74, 6) is -0.146. The molecule has 0 aromatic heterocycles. The van der Waals surface area contributed by atoms with Gasteiger partial charge in [-0.15, -0.1) is 0 Å². The van der Waals surface area contributed by atoms with E-state index in [0.717, 1.165) is 89.9 Å². The molecule has 1 amide bonds. The van der Waals surface area contributed by atoms with Gasteiger partial charge in [-0.05, 0) is 70.6 Å². The normalized spacial score (nSPS) is 18.7. The quantitative estimate of drug-likeness (QED) is 0.0261. The summed E-state index contributed by atoms with van der Waals surface area (Å²) >= 11 is 0. The number of carbonyl (C=O) groups excluding carboxylic acids is 1. The molecule has 488 valence electrons. The average molecular weight is 1180 g/mol. The smallest absolute Gasteiger partial charge is 0.220 e. The van der Waals surface area contributed by atoms with Gasteiger partial charge in [0.1, 0.15) is 24.4 Å². The molecule has 0 aromatic carbocycles. The van der Waals surface area contributed by atoms with E-state index in [2.05, 4.69) is 104 Å². The van der Waals surface area contributed by atoms with E-state index in [-0.39, 0.29) is 12.5 Å². The van der Waals surface area contributed by atoms with Crippen LogP contribution in [-0.4, -0.2) is 87.5 Å². The van der Waals surface area contributed by atoms with Gasteiger partial charge in [-0.1, -0.05) is 336 Å². The van der Waals surface area contributed by atoms with E-state index in [1.807, 2.05) is 0 Å². The number of aliphatic hydroxyl groups excluding tert-OH is 5. The molecule has 0 aromatic rings. The first-order valence-electron chi connectivity index (χ1n) is 35.8. The molecular formula is C75H135NO8. The summed E-state index contributed by atoms with van der Waals surface area (Å²) < 4.78 is 11.4. The van der Waals surface area contributed by atoms with Gasteiger partial charge >= 0.3 is 0 Å². The number of hydrogen-bond donors (Lipinski definition) is 6. The van der Waals surface area contributed by atoms with Crippen molar-refractivity contribution in [3.05, 3.63) is 85.1 Å². The maximum Gasteiger partial charge on any atom is 0.220 e. The van der Waals surface area contributed by atoms with E-state index in [9.17, 15) is 30.3 Å². The second-order valence-corrected chi connectivity index (χ2v) is 24.7. The van der Waals surface area contributed by atoms with E-state index in [1.165, 1.54) is 212 Å². The standard InChI is InChI=1S/C75H135NO8/c1-3-5-7-9-11-13-15-17-19-21-23-25-27-29-31-33-34-35-36-37-39-41-43-45-47-49-51-53-55-57-59-61-63-65-71(79)76-68(67-83-75-74(82)73(81)72(80)70(66-77)84-75)69(78)64-62-60-58-56-54-52-50-48-46-44-42-40-38-32-30-28-26-24-22-20-18-16-14-12-10-8-6-4-2/h5,7,11,13,17,19,23,25,29,31,34-35,37,39,68-70,72-75,77-78,80-82H,3-4,6,8-10,12,14-16,18,20-22,24,26-28,30,32-33,36,38,40-67H2,1-2H3,(H,76,79)/b7-5-,13-11-,19-17-,25-23-,31-29-,35-34-,39-37-. The minimum atomic E-state index is -1.56. The molecule has 1 fully saturated rings. The highest BCUT2D eigenvalue weighted by atomic mass is 16.7. The second kappa shape index (κ2) is 63.4. The molecule has 1 aliphatic heterocycles. The lowest BCUT2D eigenvalue weighted by molar-refractivity contribution is -0.302. The fourth-order valence-electron chi connectivity index (χ4n) is 11.2. The molecule has 0 radical (unpaired) electrons. The first-order valence-corrected chi connectivity index (χ1v) is 35.8. The minimum absolute atomic E-state index is 0.141. The number of unbranched alkanes of at least 4 members (excludes halogenated alkanes) is 38. The van der Waals surface area contributed by atoms with Gasteiger partial charge in [-0.2, -0.15) is 0 Å². The van der Waals surface area contributed by atoms with Crippen molar-refractivity contribution >= 4 is 5.91 Å². The SMILES string of the molecule is CC/C=C\C/C=C\C/C=C\C/C=C\C/C=C\C/C=C\C/C=C\CCCCCCCCCCCCCC(=O)NC(COC1OC(CO)C(O)C(O)C1O)C(O)CCCCCCCCCCCCCCCCCCCCCCCCCCCCCC. The van der Waals surface area contributed by atoms with E-state index >= 15 is 0 Å². The summed E-state index contributed by atoms with van der Waals surface area (Å²) in [6.07, 6.45) is 83.6. The number of rotatable bonds is 62. The van der Waals surface area contributed by atoms with Crippen molar-refractivity contribution in [3.63, 3.8) is 0 Å². The van der Waals surface area contributed by atoms with Crippen LogP contribution in [-0.2, 0) is 14.3 Å². The van der Waals surface area contributed by atoms with Crippen molar-refractivity contribution in [2.75, 3.05) is 13.2 Å². The zero-order valence-electron chi connectivity index (χ0n) is 54.6. The van der Waals surface area contributed by atoms with Gasteiger partial charge in [-0.3, -0.25) is 4.79 Å². The summed E-state index contributed by atoms with van der Waals surface area (Å²) in [4.78, 5) is 13.2. The summed E-state index contributed by atoms with van der Waals surface area (Å²) in [5, 5.41) is 55.0. The molecule has 1 aliphatic rings.